The summed E-state index contributed by atoms with van der Waals surface area (Å²) in [5.74, 6) is 0. The molecule has 5 heteroatoms. The van der Waals surface area contributed by atoms with Gasteiger partial charge in [-0.05, 0) is 82.1 Å². The third-order valence-corrected chi connectivity index (χ3v) is 3.09. The minimum absolute atomic E-state index is 0.0503. The van der Waals surface area contributed by atoms with E-state index in [2.05, 4.69) is 55.4 Å². The number of ether oxygens (including phenoxy) is 5. The molecule has 0 amide bonds. The molecule has 0 aromatic rings. The molecule has 0 saturated carbocycles. The standard InChI is InChI=1S/C11H24O3.C8H18O.C6H14O/c1-5-6-12-7-8-13-9-10-14-11(2,3)4;1-5-6-7-9-8(2,3)4;1-5-7-6(2,3)4/h5-10H2,1-4H3;5-7H2,1-4H3;5H2,1-4H3. The summed E-state index contributed by atoms with van der Waals surface area (Å²) in [4.78, 5) is 0. The quantitative estimate of drug-likeness (QED) is 0.320. The van der Waals surface area contributed by atoms with E-state index in [1.54, 1.807) is 0 Å². The summed E-state index contributed by atoms with van der Waals surface area (Å²) in [6.45, 7) is 30.0. The Hall–Kier alpha value is -0.200. The smallest absolute Gasteiger partial charge is 0.0707 e. The van der Waals surface area contributed by atoms with Gasteiger partial charge in [0.2, 0.25) is 0 Å². The van der Waals surface area contributed by atoms with Crippen LogP contribution in [0, 0.1) is 0 Å². The van der Waals surface area contributed by atoms with Gasteiger partial charge in [0, 0.05) is 19.8 Å². The Kier molecular flexibility index (Phi) is 23.7. The summed E-state index contributed by atoms with van der Waals surface area (Å²) in [6.07, 6.45) is 3.46. The Labute approximate surface area is 189 Å². The van der Waals surface area contributed by atoms with Crippen molar-refractivity contribution in [2.75, 3.05) is 46.2 Å². The third-order valence-electron chi connectivity index (χ3n) is 3.09. The average molecular weight is 437 g/mol. The zero-order chi connectivity index (χ0) is 24.1. The molecular formula is C25H56O5. The Morgan fingerprint density at radius 1 is 0.433 bits per heavy atom. The molecule has 0 spiro atoms. The molecule has 0 radical (unpaired) electrons. The molecule has 30 heavy (non-hydrogen) atoms. The van der Waals surface area contributed by atoms with Crippen LogP contribution in [0.25, 0.3) is 0 Å². The van der Waals surface area contributed by atoms with Gasteiger partial charge in [-0.25, -0.2) is 0 Å². The molecule has 0 aliphatic heterocycles. The third kappa shape index (κ3) is 46.2. The number of hydrogen-bond donors (Lipinski definition) is 0. The van der Waals surface area contributed by atoms with E-state index < -0.39 is 0 Å². The highest BCUT2D eigenvalue weighted by Gasteiger charge is 2.09. The first-order valence-corrected chi connectivity index (χ1v) is 11.8. The number of hydrogen-bond acceptors (Lipinski definition) is 5. The van der Waals surface area contributed by atoms with Crippen molar-refractivity contribution < 1.29 is 23.7 Å². The van der Waals surface area contributed by atoms with Crippen LogP contribution in [0.15, 0.2) is 0 Å². The molecule has 0 unspecified atom stereocenters. The molecule has 0 N–H and O–H groups in total. The molecule has 0 aliphatic carbocycles. The Morgan fingerprint density at radius 2 is 0.833 bits per heavy atom. The topological polar surface area (TPSA) is 46.2 Å². The monoisotopic (exact) mass is 436 g/mol. The van der Waals surface area contributed by atoms with Crippen molar-refractivity contribution in [2.45, 2.75) is 119 Å². The van der Waals surface area contributed by atoms with Crippen LogP contribution in [-0.4, -0.2) is 63.1 Å². The summed E-state index contributed by atoms with van der Waals surface area (Å²) in [7, 11) is 0. The maximum Gasteiger partial charge on any atom is 0.0707 e. The lowest BCUT2D eigenvalue weighted by Crippen LogP contribution is -2.22. The van der Waals surface area contributed by atoms with Gasteiger partial charge in [-0.1, -0.05) is 20.3 Å². The molecule has 0 rings (SSSR count). The van der Waals surface area contributed by atoms with E-state index in [1.165, 1.54) is 12.8 Å². The molecular weight excluding hydrogens is 380 g/mol. The van der Waals surface area contributed by atoms with E-state index in [9.17, 15) is 0 Å². The van der Waals surface area contributed by atoms with E-state index in [1.807, 2.05) is 27.7 Å². The van der Waals surface area contributed by atoms with Crippen LogP contribution in [0.5, 0.6) is 0 Å². The fourth-order valence-corrected chi connectivity index (χ4v) is 1.83. The van der Waals surface area contributed by atoms with Gasteiger partial charge in [-0.15, -0.1) is 0 Å². The summed E-state index contributed by atoms with van der Waals surface area (Å²) >= 11 is 0. The van der Waals surface area contributed by atoms with Crippen LogP contribution in [0.3, 0.4) is 0 Å². The lowest BCUT2D eigenvalue weighted by Gasteiger charge is -2.19. The molecule has 5 nitrogen and oxygen atoms in total. The van der Waals surface area contributed by atoms with Crippen molar-refractivity contribution in [1.29, 1.82) is 0 Å². The van der Waals surface area contributed by atoms with Crippen molar-refractivity contribution >= 4 is 0 Å². The van der Waals surface area contributed by atoms with E-state index in [4.69, 9.17) is 23.7 Å². The molecule has 186 valence electrons. The van der Waals surface area contributed by atoms with Crippen LogP contribution in [0.4, 0.5) is 0 Å². The highest BCUT2D eigenvalue weighted by molar-refractivity contribution is 4.58. The van der Waals surface area contributed by atoms with Gasteiger partial charge in [0.15, 0.2) is 0 Å². The van der Waals surface area contributed by atoms with E-state index in [0.29, 0.717) is 26.4 Å². The molecule has 0 fully saturated rings. The second-order valence-electron chi connectivity index (χ2n) is 10.0. The zero-order valence-electron chi connectivity index (χ0n) is 22.6. The number of unbranched alkanes of at least 4 members (excludes halogenated alkanes) is 1. The Balaban J connectivity index is -0.000000393. The van der Waals surface area contributed by atoms with Crippen molar-refractivity contribution in [3.05, 3.63) is 0 Å². The molecule has 0 aliphatic rings. The average Bonchev–Trinajstić information content (AvgIpc) is 2.55. The van der Waals surface area contributed by atoms with E-state index in [-0.39, 0.29) is 16.8 Å². The molecule has 0 aromatic heterocycles. The molecule has 0 atom stereocenters. The predicted molar refractivity (Wildman–Crippen MR) is 130 cm³/mol. The van der Waals surface area contributed by atoms with Crippen LogP contribution < -0.4 is 0 Å². The minimum atomic E-state index is -0.0674. The van der Waals surface area contributed by atoms with Gasteiger partial charge >= 0.3 is 0 Å². The zero-order valence-corrected chi connectivity index (χ0v) is 22.6. The number of rotatable bonds is 12. The minimum Gasteiger partial charge on any atom is -0.379 e. The van der Waals surface area contributed by atoms with Crippen molar-refractivity contribution in [2.24, 2.45) is 0 Å². The first kappa shape index (κ1) is 34.4. The second kappa shape index (κ2) is 20.7. The van der Waals surface area contributed by atoms with Gasteiger partial charge < -0.3 is 23.7 Å². The Morgan fingerprint density at radius 3 is 1.17 bits per heavy atom. The highest BCUT2D eigenvalue weighted by Crippen LogP contribution is 2.07. The molecule has 0 aromatic carbocycles. The van der Waals surface area contributed by atoms with Crippen LogP contribution in [0.1, 0.15) is 102 Å². The van der Waals surface area contributed by atoms with Gasteiger partial charge in [0.05, 0.1) is 43.2 Å². The fourth-order valence-electron chi connectivity index (χ4n) is 1.83. The summed E-state index contributed by atoms with van der Waals surface area (Å²) in [5, 5.41) is 0. The van der Waals surface area contributed by atoms with Gasteiger partial charge in [0.25, 0.3) is 0 Å². The molecule has 0 bridgehead atoms. The van der Waals surface area contributed by atoms with Gasteiger partial charge in [0.1, 0.15) is 0 Å². The van der Waals surface area contributed by atoms with Crippen molar-refractivity contribution in [3.8, 4) is 0 Å². The fraction of sp³-hybridized carbons (Fsp3) is 1.00. The van der Waals surface area contributed by atoms with Crippen LogP contribution in [0.2, 0.25) is 0 Å². The molecule has 0 heterocycles. The summed E-state index contributed by atoms with van der Waals surface area (Å²) in [5.41, 5.74) is 0.0337. The Bertz CT molecular complexity index is 324. The van der Waals surface area contributed by atoms with Crippen molar-refractivity contribution in [3.63, 3.8) is 0 Å². The first-order valence-electron chi connectivity index (χ1n) is 11.8. The van der Waals surface area contributed by atoms with Crippen LogP contribution >= 0.6 is 0 Å². The lowest BCUT2D eigenvalue weighted by atomic mass is 10.2. The summed E-state index contributed by atoms with van der Waals surface area (Å²) < 4.78 is 26.8. The van der Waals surface area contributed by atoms with E-state index >= 15 is 0 Å². The van der Waals surface area contributed by atoms with Gasteiger partial charge in [-0.2, -0.15) is 0 Å². The van der Waals surface area contributed by atoms with Crippen molar-refractivity contribution in [1.82, 2.24) is 0 Å². The SMILES string of the molecule is CCCCOC(C)(C)C.CCCOCCOCCOC(C)(C)C.CCOC(C)(C)C. The highest BCUT2D eigenvalue weighted by atomic mass is 16.5. The summed E-state index contributed by atoms with van der Waals surface area (Å²) in [6, 6.07) is 0. The second-order valence-corrected chi connectivity index (χ2v) is 10.0. The largest absolute Gasteiger partial charge is 0.379 e. The van der Waals surface area contributed by atoms with E-state index in [0.717, 1.165) is 26.2 Å². The molecule has 0 saturated heterocycles. The predicted octanol–water partition coefficient (Wildman–Crippen LogP) is 6.67. The van der Waals surface area contributed by atoms with Crippen LogP contribution in [-0.2, 0) is 23.7 Å². The maximum absolute atomic E-state index is 5.49. The van der Waals surface area contributed by atoms with Gasteiger partial charge in [-0.3, -0.25) is 0 Å². The lowest BCUT2D eigenvalue weighted by molar-refractivity contribution is -0.0424. The maximum atomic E-state index is 5.49. The first-order chi connectivity index (χ1) is 13.7. The normalized spacial score (nSPS) is 12.0.